The highest BCUT2D eigenvalue weighted by Crippen LogP contribution is 2.23. The van der Waals surface area contributed by atoms with Crippen LogP contribution in [0.5, 0.6) is 0 Å². The number of furan rings is 1. The van der Waals surface area contributed by atoms with E-state index in [9.17, 15) is 4.79 Å². The molecule has 0 spiro atoms. The van der Waals surface area contributed by atoms with Crippen molar-refractivity contribution in [3.63, 3.8) is 0 Å². The number of aromatic carboxylic acids is 1. The van der Waals surface area contributed by atoms with E-state index in [4.69, 9.17) is 9.52 Å². The molecule has 18 heavy (non-hydrogen) atoms. The van der Waals surface area contributed by atoms with Crippen molar-refractivity contribution in [1.82, 2.24) is 5.32 Å². The van der Waals surface area contributed by atoms with Crippen molar-refractivity contribution in [2.75, 3.05) is 0 Å². The first-order valence-corrected chi connectivity index (χ1v) is 6.58. The Balaban J connectivity index is 2.02. The molecule has 0 saturated heterocycles. The maximum atomic E-state index is 10.7. The van der Waals surface area contributed by atoms with E-state index in [1.165, 1.54) is 10.9 Å². The highest BCUT2D eigenvalue weighted by Gasteiger charge is 2.16. The first-order chi connectivity index (χ1) is 8.58. The molecule has 4 nitrogen and oxygen atoms in total. The predicted octanol–water partition coefficient (Wildman–Crippen LogP) is 3.45. The molecule has 5 heteroatoms. The van der Waals surface area contributed by atoms with Gasteiger partial charge in [-0.1, -0.05) is 6.07 Å². The largest absolute Gasteiger partial charge is 0.475 e. The predicted molar refractivity (Wildman–Crippen MR) is 70.0 cm³/mol. The summed E-state index contributed by atoms with van der Waals surface area (Å²) in [4.78, 5) is 12.0. The Morgan fingerprint density at radius 3 is 2.67 bits per heavy atom. The van der Waals surface area contributed by atoms with Crippen LogP contribution in [0, 0.1) is 0 Å². The molecule has 2 aromatic heterocycles. The molecule has 0 aliphatic carbocycles. The Kier molecular flexibility index (Phi) is 3.84. The molecular formula is C13H15NO3S. The quantitative estimate of drug-likeness (QED) is 0.869. The molecule has 1 unspecified atom stereocenters. The average molecular weight is 265 g/mol. The molecule has 96 valence electrons. The summed E-state index contributed by atoms with van der Waals surface area (Å²) in [5.74, 6) is -0.432. The van der Waals surface area contributed by atoms with Crippen molar-refractivity contribution in [3.05, 3.63) is 46.0 Å². The van der Waals surface area contributed by atoms with E-state index in [0.29, 0.717) is 5.76 Å². The van der Waals surface area contributed by atoms with E-state index in [-0.39, 0.29) is 17.8 Å². The van der Waals surface area contributed by atoms with Gasteiger partial charge in [0.05, 0.1) is 6.04 Å². The van der Waals surface area contributed by atoms with Crippen LogP contribution >= 0.6 is 11.3 Å². The van der Waals surface area contributed by atoms with Crippen molar-refractivity contribution >= 4 is 17.3 Å². The van der Waals surface area contributed by atoms with Gasteiger partial charge in [-0.25, -0.2) is 4.79 Å². The standard InChI is InChI=1S/C13H15NO3S/c1-8(10-5-6-11(17-10)13(15)16)14-9(2)12-4-3-7-18-12/h3-9,14H,1-2H3,(H,15,16)/t8?,9-/m1/s1. The molecular weight excluding hydrogens is 250 g/mol. The lowest BCUT2D eigenvalue weighted by atomic mass is 10.2. The lowest BCUT2D eigenvalue weighted by molar-refractivity contribution is 0.0659. The zero-order chi connectivity index (χ0) is 13.1. The molecule has 0 bridgehead atoms. The van der Waals surface area contributed by atoms with Gasteiger partial charge in [-0.05, 0) is 37.4 Å². The van der Waals surface area contributed by atoms with Gasteiger partial charge in [0.2, 0.25) is 5.76 Å². The molecule has 0 fully saturated rings. The van der Waals surface area contributed by atoms with E-state index < -0.39 is 5.97 Å². The molecule has 0 amide bonds. The Morgan fingerprint density at radius 2 is 2.11 bits per heavy atom. The molecule has 2 N–H and O–H groups in total. The fourth-order valence-corrected chi connectivity index (χ4v) is 2.52. The third-order valence-corrected chi connectivity index (χ3v) is 3.79. The van der Waals surface area contributed by atoms with Gasteiger partial charge in [0.1, 0.15) is 5.76 Å². The van der Waals surface area contributed by atoms with Crippen LogP contribution in [0.3, 0.4) is 0 Å². The van der Waals surface area contributed by atoms with Crippen molar-refractivity contribution < 1.29 is 14.3 Å². The zero-order valence-electron chi connectivity index (χ0n) is 10.2. The van der Waals surface area contributed by atoms with E-state index in [1.54, 1.807) is 17.4 Å². The summed E-state index contributed by atoms with van der Waals surface area (Å²) in [6.07, 6.45) is 0. The smallest absolute Gasteiger partial charge is 0.371 e. The number of hydrogen-bond acceptors (Lipinski definition) is 4. The molecule has 2 aromatic rings. The van der Waals surface area contributed by atoms with Crippen molar-refractivity contribution in [1.29, 1.82) is 0 Å². The van der Waals surface area contributed by atoms with Gasteiger partial charge in [0.25, 0.3) is 0 Å². The molecule has 2 rings (SSSR count). The third-order valence-electron chi connectivity index (χ3n) is 2.73. The van der Waals surface area contributed by atoms with Gasteiger partial charge >= 0.3 is 5.97 Å². The van der Waals surface area contributed by atoms with E-state index >= 15 is 0 Å². The van der Waals surface area contributed by atoms with Crippen LogP contribution < -0.4 is 5.32 Å². The summed E-state index contributed by atoms with van der Waals surface area (Å²) in [5.41, 5.74) is 0. The Hall–Kier alpha value is -1.59. The number of rotatable bonds is 5. The molecule has 0 aromatic carbocycles. The van der Waals surface area contributed by atoms with Crippen LogP contribution in [-0.4, -0.2) is 11.1 Å². The number of thiophene rings is 1. The highest BCUT2D eigenvalue weighted by atomic mass is 32.1. The van der Waals surface area contributed by atoms with E-state index in [2.05, 4.69) is 18.3 Å². The second kappa shape index (κ2) is 5.37. The Labute approximate surface area is 109 Å². The highest BCUT2D eigenvalue weighted by molar-refractivity contribution is 7.10. The van der Waals surface area contributed by atoms with E-state index in [0.717, 1.165) is 0 Å². The molecule has 0 aliphatic rings. The van der Waals surface area contributed by atoms with Gasteiger partial charge in [0.15, 0.2) is 0 Å². The van der Waals surface area contributed by atoms with Gasteiger partial charge < -0.3 is 14.8 Å². The van der Waals surface area contributed by atoms with Crippen LogP contribution in [0.1, 0.15) is 47.1 Å². The summed E-state index contributed by atoms with van der Waals surface area (Å²) in [6, 6.07) is 7.43. The molecule has 2 heterocycles. The minimum absolute atomic E-state index is 0.0255. The molecule has 2 atom stereocenters. The lowest BCUT2D eigenvalue weighted by Gasteiger charge is -2.17. The first-order valence-electron chi connectivity index (χ1n) is 5.70. The normalized spacial score (nSPS) is 14.3. The fourth-order valence-electron chi connectivity index (χ4n) is 1.78. The maximum Gasteiger partial charge on any atom is 0.371 e. The number of nitrogens with one attached hydrogen (secondary N) is 1. The van der Waals surface area contributed by atoms with Crippen LogP contribution in [0.25, 0.3) is 0 Å². The topological polar surface area (TPSA) is 62.5 Å². The second-order valence-corrected chi connectivity index (χ2v) is 5.11. The second-order valence-electron chi connectivity index (χ2n) is 4.13. The lowest BCUT2D eigenvalue weighted by Crippen LogP contribution is -2.21. The summed E-state index contributed by atoms with van der Waals surface area (Å²) < 4.78 is 5.27. The van der Waals surface area contributed by atoms with Gasteiger partial charge in [-0.2, -0.15) is 0 Å². The third kappa shape index (κ3) is 2.80. The number of hydrogen-bond donors (Lipinski definition) is 2. The summed E-state index contributed by atoms with van der Waals surface area (Å²) in [5, 5.41) is 14.2. The van der Waals surface area contributed by atoms with Crippen molar-refractivity contribution in [3.8, 4) is 0 Å². The van der Waals surface area contributed by atoms with Gasteiger partial charge in [-0.15, -0.1) is 11.3 Å². The number of carboxylic acids is 1. The van der Waals surface area contributed by atoms with Crippen LogP contribution in [-0.2, 0) is 0 Å². The monoisotopic (exact) mass is 265 g/mol. The van der Waals surface area contributed by atoms with Gasteiger partial charge in [-0.3, -0.25) is 0 Å². The number of carboxylic acid groups (broad SMARTS) is 1. The van der Waals surface area contributed by atoms with Crippen LogP contribution in [0.15, 0.2) is 34.1 Å². The van der Waals surface area contributed by atoms with Crippen LogP contribution in [0.4, 0.5) is 0 Å². The Morgan fingerprint density at radius 1 is 1.33 bits per heavy atom. The molecule has 0 radical (unpaired) electrons. The van der Waals surface area contributed by atoms with Crippen LogP contribution in [0.2, 0.25) is 0 Å². The summed E-state index contributed by atoms with van der Waals surface area (Å²) in [6.45, 7) is 4.03. The minimum Gasteiger partial charge on any atom is -0.475 e. The SMILES string of the molecule is CC(N[C@H](C)c1cccs1)c1ccc(C(=O)O)o1. The van der Waals surface area contributed by atoms with Gasteiger partial charge in [0, 0.05) is 10.9 Å². The molecule has 0 aliphatic heterocycles. The minimum atomic E-state index is -1.04. The number of carbonyl (C=O) groups is 1. The zero-order valence-corrected chi connectivity index (χ0v) is 11.0. The summed E-state index contributed by atoms with van der Waals surface area (Å²) >= 11 is 1.69. The average Bonchev–Trinajstić information content (AvgIpc) is 3.00. The first kappa shape index (κ1) is 12.9. The van der Waals surface area contributed by atoms with Crippen molar-refractivity contribution in [2.24, 2.45) is 0 Å². The maximum absolute atomic E-state index is 10.7. The fraction of sp³-hybridized carbons (Fsp3) is 0.308. The summed E-state index contributed by atoms with van der Waals surface area (Å²) in [7, 11) is 0. The molecule has 0 saturated carbocycles. The van der Waals surface area contributed by atoms with Crippen molar-refractivity contribution in [2.45, 2.75) is 25.9 Å². The Bertz CT molecular complexity index is 518. The van der Waals surface area contributed by atoms with E-state index in [1.807, 2.05) is 18.4 Å².